The number of halogens is 1. The highest BCUT2D eigenvalue weighted by molar-refractivity contribution is 7.14. The lowest BCUT2D eigenvalue weighted by Crippen LogP contribution is -2.30. The normalized spacial score (nSPS) is 17.9. The summed E-state index contributed by atoms with van der Waals surface area (Å²) in [6, 6.07) is 8.01. The van der Waals surface area contributed by atoms with Crippen LogP contribution in [-0.4, -0.2) is 49.5 Å². The summed E-state index contributed by atoms with van der Waals surface area (Å²) >= 11 is 1.32. The number of anilines is 3. The van der Waals surface area contributed by atoms with Gasteiger partial charge >= 0.3 is 0 Å². The number of rotatable bonds is 5. The van der Waals surface area contributed by atoms with E-state index < -0.39 is 23.4 Å². The van der Waals surface area contributed by atoms with Crippen LogP contribution in [0.1, 0.15) is 51.3 Å². The number of aliphatic hydroxyl groups is 1. The van der Waals surface area contributed by atoms with Gasteiger partial charge in [-0.25, -0.2) is 9.49 Å². The lowest BCUT2D eigenvalue weighted by Gasteiger charge is -2.22. The molecule has 1 atom stereocenters. The van der Waals surface area contributed by atoms with Crippen molar-refractivity contribution >= 4 is 34.4 Å². The second kappa shape index (κ2) is 9.65. The van der Waals surface area contributed by atoms with Gasteiger partial charge in [0.05, 0.1) is 34.6 Å². The first-order valence-corrected chi connectivity index (χ1v) is 13.9. The van der Waals surface area contributed by atoms with Gasteiger partial charge in [-0.1, -0.05) is 13.8 Å². The molecule has 10 nitrogen and oxygen atoms in total. The van der Waals surface area contributed by atoms with Crippen molar-refractivity contribution in [2.24, 2.45) is 5.41 Å². The van der Waals surface area contributed by atoms with E-state index in [0.717, 1.165) is 35.8 Å². The number of benzene rings is 1. The lowest BCUT2D eigenvalue weighted by atomic mass is 9.88. The van der Waals surface area contributed by atoms with Crippen molar-refractivity contribution < 1.29 is 14.3 Å². The van der Waals surface area contributed by atoms with E-state index in [9.17, 15) is 19.1 Å². The predicted molar refractivity (Wildman–Crippen MR) is 152 cm³/mol. The van der Waals surface area contributed by atoms with Crippen LogP contribution >= 0.6 is 11.3 Å². The minimum Gasteiger partial charge on any atom is -0.388 e. The van der Waals surface area contributed by atoms with E-state index in [1.165, 1.54) is 17.4 Å². The molecule has 4 N–H and O–H groups in total. The molecular weight excluding hydrogens is 533 g/mol. The third kappa shape index (κ3) is 4.61. The summed E-state index contributed by atoms with van der Waals surface area (Å²) in [5.74, 6) is -0.487. The first kappa shape index (κ1) is 26.4. The molecule has 0 bridgehead atoms. The maximum Gasteiger partial charge on any atom is 0.287 e. The second-order valence-electron chi connectivity index (χ2n) is 11.2. The van der Waals surface area contributed by atoms with Crippen LogP contribution in [0, 0.1) is 18.2 Å². The highest BCUT2D eigenvalue weighted by Gasteiger charge is 2.40. The number of nitrogens with one attached hydrogen (secondary N) is 3. The molecule has 1 aliphatic carbocycles. The average molecular weight is 564 g/mol. The number of aromatic nitrogens is 4. The molecule has 3 aromatic heterocycles. The molecule has 0 spiro atoms. The zero-order chi connectivity index (χ0) is 28.3. The monoisotopic (exact) mass is 563 g/mol. The van der Waals surface area contributed by atoms with E-state index in [2.05, 4.69) is 30.8 Å². The largest absolute Gasteiger partial charge is 0.388 e. The number of aliphatic hydroxyl groups excluding tert-OH is 1. The van der Waals surface area contributed by atoms with E-state index in [-0.39, 0.29) is 16.8 Å². The summed E-state index contributed by atoms with van der Waals surface area (Å²) in [6.45, 7) is 8.09. The Morgan fingerprint density at radius 2 is 2.05 bits per heavy atom. The van der Waals surface area contributed by atoms with Gasteiger partial charge in [0.2, 0.25) is 0 Å². The number of carbonyl (C=O) groups is 1. The molecule has 0 saturated heterocycles. The minimum absolute atomic E-state index is 0.0327. The Balaban J connectivity index is 1.26. The number of thiophene rings is 1. The number of nitrogens with zero attached hydrogens (tertiary/aromatic N) is 4. The molecular formula is C28H30FN7O3S. The van der Waals surface area contributed by atoms with Crippen LogP contribution < -0.4 is 16.2 Å². The Morgan fingerprint density at radius 1 is 1.25 bits per heavy atom. The van der Waals surface area contributed by atoms with Crippen molar-refractivity contribution in [2.75, 3.05) is 24.2 Å². The maximum atomic E-state index is 15.0. The van der Waals surface area contributed by atoms with Crippen LogP contribution in [0.3, 0.4) is 0 Å². The number of hydrogen-bond donors (Lipinski definition) is 4. The van der Waals surface area contributed by atoms with E-state index in [1.807, 2.05) is 31.6 Å². The number of fused-ring (bicyclic) bond motifs is 2. The Kier molecular flexibility index (Phi) is 6.36. The average Bonchev–Trinajstić information content (AvgIpc) is 3.55. The number of aromatic amines is 1. The molecule has 0 radical (unpaired) electrons. The van der Waals surface area contributed by atoms with Crippen LogP contribution in [0.15, 0.2) is 35.1 Å². The summed E-state index contributed by atoms with van der Waals surface area (Å²) in [5.41, 5.74) is 2.80. The first-order chi connectivity index (χ1) is 19.0. The van der Waals surface area contributed by atoms with Crippen LogP contribution in [0.5, 0.6) is 0 Å². The van der Waals surface area contributed by atoms with Crippen molar-refractivity contribution in [3.05, 3.63) is 73.1 Å². The molecule has 1 amide bonds. The Labute approximate surface area is 233 Å². The zero-order valence-corrected chi connectivity index (χ0v) is 23.4. The molecule has 40 heavy (non-hydrogen) atoms. The Bertz CT molecular complexity index is 1710. The quantitative estimate of drug-likeness (QED) is 0.287. The van der Waals surface area contributed by atoms with E-state index >= 15 is 0 Å². The highest BCUT2D eigenvalue weighted by Crippen LogP contribution is 2.48. The molecule has 1 aliphatic heterocycles. The molecule has 0 saturated carbocycles. The van der Waals surface area contributed by atoms with Crippen LogP contribution in [0.4, 0.5) is 21.6 Å². The van der Waals surface area contributed by atoms with Crippen molar-refractivity contribution in [1.29, 1.82) is 0 Å². The van der Waals surface area contributed by atoms with Gasteiger partial charge in [-0.3, -0.25) is 19.2 Å². The minimum atomic E-state index is -0.648. The summed E-state index contributed by atoms with van der Waals surface area (Å²) in [6.07, 6.45) is 0.0298. The summed E-state index contributed by atoms with van der Waals surface area (Å²) in [5, 5.41) is 27.6. The molecule has 208 valence electrons. The van der Waals surface area contributed by atoms with Gasteiger partial charge < -0.3 is 15.7 Å². The molecule has 2 aliphatic rings. The van der Waals surface area contributed by atoms with Gasteiger partial charge in [0.1, 0.15) is 11.5 Å². The van der Waals surface area contributed by atoms with E-state index in [4.69, 9.17) is 0 Å². The topological polar surface area (TPSA) is 128 Å². The molecule has 0 unspecified atom stereocenters. The second-order valence-corrected chi connectivity index (χ2v) is 12.3. The summed E-state index contributed by atoms with van der Waals surface area (Å²) in [4.78, 5) is 29.3. The number of H-pyrrole nitrogens is 1. The standard InChI is InChI=1S/C28H30FN7O3S/c1-14-16(19-11-20(26(38)33-32-19)30-23-9-15-13-35(4)7-8-36(15)34-23)5-6-18(29)24(14)31-27(39)21-10-17-22(40-21)12-28(2,3)25(17)37/h5-6,9-11,25,37H,7-8,12-13H2,1-4H3,(H,31,39)(H,33,38)(H,30,32,34)/t25-/m0/s1. The van der Waals surface area contributed by atoms with E-state index in [1.54, 1.807) is 25.1 Å². The van der Waals surface area contributed by atoms with Crippen molar-refractivity contribution in [3.8, 4) is 11.3 Å². The van der Waals surface area contributed by atoms with Gasteiger partial charge in [0.25, 0.3) is 11.5 Å². The molecule has 1 aromatic carbocycles. The zero-order valence-electron chi connectivity index (χ0n) is 22.6. The van der Waals surface area contributed by atoms with Crippen LogP contribution in [0.25, 0.3) is 11.3 Å². The van der Waals surface area contributed by atoms with E-state index in [0.29, 0.717) is 33.9 Å². The number of carbonyl (C=O) groups excluding carboxylic acids is 1. The van der Waals surface area contributed by atoms with Gasteiger partial charge in [-0.2, -0.15) is 10.2 Å². The molecule has 6 rings (SSSR count). The highest BCUT2D eigenvalue weighted by atomic mass is 32.1. The molecule has 4 heterocycles. The maximum absolute atomic E-state index is 15.0. The van der Waals surface area contributed by atoms with Crippen molar-refractivity contribution in [2.45, 2.75) is 46.4 Å². The fraction of sp³-hybridized carbons (Fsp3) is 0.357. The lowest BCUT2D eigenvalue weighted by molar-refractivity contribution is 0.0665. The van der Waals surface area contributed by atoms with Crippen molar-refractivity contribution in [1.82, 2.24) is 24.9 Å². The first-order valence-electron chi connectivity index (χ1n) is 13.0. The third-order valence-corrected chi connectivity index (χ3v) is 8.85. The van der Waals surface area contributed by atoms with Gasteiger partial charge in [-0.15, -0.1) is 11.3 Å². The summed E-state index contributed by atoms with van der Waals surface area (Å²) in [7, 11) is 2.04. The molecule has 4 aromatic rings. The fourth-order valence-corrected chi connectivity index (χ4v) is 6.70. The SMILES string of the molecule is Cc1c(-c2cc(Nc3cc4n(n3)CCN(C)C4)c(=O)[nH]n2)ccc(F)c1NC(=O)c1cc2c(s1)CC(C)(C)[C@H]2O. The van der Waals surface area contributed by atoms with Crippen molar-refractivity contribution in [3.63, 3.8) is 0 Å². The smallest absolute Gasteiger partial charge is 0.287 e. The van der Waals surface area contributed by atoms with Gasteiger partial charge in [-0.05, 0) is 61.2 Å². The number of hydrogen-bond acceptors (Lipinski definition) is 8. The van der Waals surface area contributed by atoms with Gasteiger partial charge in [0, 0.05) is 29.6 Å². The molecule has 0 fully saturated rings. The van der Waals surface area contributed by atoms with Gasteiger partial charge in [0.15, 0.2) is 5.82 Å². The third-order valence-electron chi connectivity index (χ3n) is 7.70. The predicted octanol–water partition coefficient (Wildman–Crippen LogP) is 4.20. The summed E-state index contributed by atoms with van der Waals surface area (Å²) < 4.78 is 16.9. The Morgan fingerprint density at radius 3 is 2.83 bits per heavy atom. The van der Waals surface area contributed by atoms with Crippen LogP contribution in [-0.2, 0) is 19.5 Å². The number of likely N-dealkylation sites (N-methyl/N-ethyl adjacent to an activating group) is 1. The molecule has 12 heteroatoms. The van der Waals surface area contributed by atoms with Crippen LogP contribution in [0.2, 0.25) is 0 Å². The fourth-order valence-electron chi connectivity index (χ4n) is 5.37. The number of amides is 1. The Hall–Kier alpha value is -3.87.